The molecule has 1 aromatic rings. The van der Waals surface area contributed by atoms with Crippen LogP contribution in [0.2, 0.25) is 0 Å². The number of carbonyl (C=O) groups excluding carboxylic acids is 1. The van der Waals surface area contributed by atoms with Gasteiger partial charge < -0.3 is 0 Å². The Hall–Kier alpha value is -1.35. The largest absolute Gasteiger partial charge is 0.298 e. The van der Waals surface area contributed by atoms with Crippen molar-refractivity contribution in [1.82, 2.24) is 5.32 Å². The van der Waals surface area contributed by atoms with Crippen molar-refractivity contribution in [3.05, 3.63) is 30.3 Å². The van der Waals surface area contributed by atoms with Crippen LogP contribution in [0, 0.1) is 5.92 Å². The highest BCUT2D eigenvalue weighted by Crippen LogP contribution is 2.19. The van der Waals surface area contributed by atoms with Crippen LogP contribution in [0.5, 0.6) is 0 Å². The molecule has 3 nitrogen and oxygen atoms in total. The maximum Gasteiger partial charge on any atom is 0.245 e. The second-order valence-electron chi connectivity index (χ2n) is 4.65. The number of benzene rings is 1. The van der Waals surface area contributed by atoms with Crippen molar-refractivity contribution >= 4 is 11.6 Å². The van der Waals surface area contributed by atoms with Crippen LogP contribution in [0.1, 0.15) is 20.3 Å². The molecule has 1 heterocycles. The zero-order valence-corrected chi connectivity index (χ0v) is 9.81. The Labute approximate surface area is 96.5 Å². The summed E-state index contributed by atoms with van der Waals surface area (Å²) in [6, 6.07) is 9.80. The van der Waals surface area contributed by atoms with E-state index in [1.807, 2.05) is 35.2 Å². The van der Waals surface area contributed by atoms with Gasteiger partial charge >= 0.3 is 0 Å². The Kier molecular flexibility index (Phi) is 3.25. The van der Waals surface area contributed by atoms with Gasteiger partial charge in [-0.2, -0.15) is 0 Å². The molecule has 3 heteroatoms. The van der Waals surface area contributed by atoms with Crippen LogP contribution in [0.25, 0.3) is 0 Å². The molecule has 1 fully saturated rings. The van der Waals surface area contributed by atoms with Gasteiger partial charge in [0, 0.05) is 5.69 Å². The Bertz CT molecular complexity index is 361. The monoisotopic (exact) mass is 218 g/mol. The average molecular weight is 218 g/mol. The quantitative estimate of drug-likeness (QED) is 0.841. The van der Waals surface area contributed by atoms with E-state index in [1.165, 1.54) is 0 Å². The molecule has 86 valence electrons. The lowest BCUT2D eigenvalue weighted by atomic mass is 10.0. The van der Waals surface area contributed by atoms with E-state index in [0.29, 0.717) is 12.6 Å². The van der Waals surface area contributed by atoms with Crippen LogP contribution in [0.4, 0.5) is 5.69 Å². The van der Waals surface area contributed by atoms with Gasteiger partial charge in [-0.05, 0) is 24.5 Å². The van der Waals surface area contributed by atoms with Crippen molar-refractivity contribution in [3.63, 3.8) is 0 Å². The average Bonchev–Trinajstić information content (AvgIpc) is 2.61. The molecule has 1 unspecified atom stereocenters. The van der Waals surface area contributed by atoms with Crippen LogP contribution in [0.3, 0.4) is 0 Å². The van der Waals surface area contributed by atoms with Gasteiger partial charge in [0.1, 0.15) is 0 Å². The van der Waals surface area contributed by atoms with E-state index in [4.69, 9.17) is 0 Å². The SMILES string of the molecule is CC(C)CC1NCN(c2ccccc2)C1=O. The smallest absolute Gasteiger partial charge is 0.245 e. The van der Waals surface area contributed by atoms with Crippen molar-refractivity contribution in [2.24, 2.45) is 5.92 Å². The second-order valence-corrected chi connectivity index (χ2v) is 4.65. The highest BCUT2D eigenvalue weighted by molar-refractivity contribution is 5.99. The van der Waals surface area contributed by atoms with Crippen LogP contribution in [-0.2, 0) is 4.79 Å². The zero-order chi connectivity index (χ0) is 11.5. The third-order valence-electron chi connectivity index (χ3n) is 2.83. The molecule has 16 heavy (non-hydrogen) atoms. The highest BCUT2D eigenvalue weighted by Gasteiger charge is 2.31. The number of nitrogens with one attached hydrogen (secondary N) is 1. The molecule has 1 aliphatic rings. The van der Waals surface area contributed by atoms with E-state index >= 15 is 0 Å². The van der Waals surface area contributed by atoms with Crippen molar-refractivity contribution in [3.8, 4) is 0 Å². The van der Waals surface area contributed by atoms with Crippen LogP contribution in [0.15, 0.2) is 30.3 Å². The predicted octanol–water partition coefficient (Wildman–Crippen LogP) is 2.00. The number of hydrogen-bond donors (Lipinski definition) is 1. The maximum atomic E-state index is 12.1. The molecule has 1 aromatic carbocycles. The van der Waals surface area contributed by atoms with Crippen molar-refractivity contribution < 1.29 is 4.79 Å². The minimum atomic E-state index is -0.0137. The molecule has 1 atom stereocenters. The molecule has 0 aliphatic carbocycles. The van der Waals surface area contributed by atoms with Gasteiger partial charge in [-0.25, -0.2) is 0 Å². The van der Waals surface area contributed by atoms with Gasteiger partial charge in [0.15, 0.2) is 0 Å². The summed E-state index contributed by atoms with van der Waals surface area (Å²) in [6.45, 7) is 4.90. The van der Waals surface area contributed by atoms with Gasteiger partial charge in [-0.15, -0.1) is 0 Å². The Morgan fingerprint density at radius 3 is 2.69 bits per heavy atom. The molecule has 0 aromatic heterocycles. The molecule has 0 spiro atoms. The van der Waals surface area contributed by atoms with E-state index in [1.54, 1.807) is 0 Å². The first-order valence-corrected chi connectivity index (χ1v) is 5.78. The third kappa shape index (κ3) is 2.25. The molecule has 1 N–H and O–H groups in total. The zero-order valence-electron chi connectivity index (χ0n) is 9.81. The summed E-state index contributed by atoms with van der Waals surface area (Å²) in [5.41, 5.74) is 0.978. The van der Waals surface area contributed by atoms with Crippen LogP contribution >= 0.6 is 0 Å². The Morgan fingerprint density at radius 2 is 2.06 bits per heavy atom. The second kappa shape index (κ2) is 4.66. The number of anilines is 1. The summed E-state index contributed by atoms with van der Waals surface area (Å²) < 4.78 is 0. The van der Waals surface area contributed by atoms with E-state index in [-0.39, 0.29) is 11.9 Å². The molecule has 0 radical (unpaired) electrons. The summed E-state index contributed by atoms with van der Waals surface area (Å²) in [4.78, 5) is 13.9. The molecule has 1 aliphatic heterocycles. The predicted molar refractivity (Wildman–Crippen MR) is 65.2 cm³/mol. The van der Waals surface area contributed by atoms with Gasteiger partial charge in [0.05, 0.1) is 12.7 Å². The van der Waals surface area contributed by atoms with Gasteiger partial charge in [0.2, 0.25) is 5.91 Å². The first kappa shape index (κ1) is 11.1. The van der Waals surface area contributed by atoms with E-state index in [2.05, 4.69) is 19.2 Å². The minimum absolute atomic E-state index is 0.0137. The molecule has 1 saturated heterocycles. The van der Waals surface area contributed by atoms with Gasteiger partial charge in [-0.3, -0.25) is 15.0 Å². The molecular weight excluding hydrogens is 200 g/mol. The van der Waals surface area contributed by atoms with Crippen LogP contribution < -0.4 is 10.2 Å². The normalized spacial score (nSPS) is 20.8. The Balaban J connectivity index is 2.08. The standard InChI is InChI=1S/C13H18N2O/c1-10(2)8-12-13(16)15(9-14-12)11-6-4-3-5-7-11/h3-7,10,12,14H,8-9H2,1-2H3. The fraction of sp³-hybridized carbons (Fsp3) is 0.462. The topological polar surface area (TPSA) is 32.3 Å². The molecule has 1 amide bonds. The number of carbonyl (C=O) groups is 1. The molecule has 2 rings (SSSR count). The maximum absolute atomic E-state index is 12.1. The molecular formula is C13H18N2O. The number of rotatable bonds is 3. The first-order valence-electron chi connectivity index (χ1n) is 5.78. The highest BCUT2D eigenvalue weighted by atomic mass is 16.2. The Morgan fingerprint density at radius 1 is 1.38 bits per heavy atom. The van der Waals surface area contributed by atoms with E-state index in [9.17, 15) is 4.79 Å². The minimum Gasteiger partial charge on any atom is -0.298 e. The molecule has 0 bridgehead atoms. The van der Waals surface area contributed by atoms with Gasteiger partial charge in [-0.1, -0.05) is 32.0 Å². The number of hydrogen-bond acceptors (Lipinski definition) is 2. The van der Waals surface area contributed by atoms with E-state index in [0.717, 1.165) is 12.1 Å². The van der Waals surface area contributed by atoms with E-state index < -0.39 is 0 Å². The summed E-state index contributed by atoms with van der Waals surface area (Å²) in [5.74, 6) is 0.733. The number of amides is 1. The summed E-state index contributed by atoms with van der Waals surface area (Å²) >= 11 is 0. The van der Waals surface area contributed by atoms with Crippen LogP contribution in [-0.4, -0.2) is 18.6 Å². The number of para-hydroxylation sites is 1. The number of nitrogens with zero attached hydrogens (tertiary/aromatic N) is 1. The fourth-order valence-corrected chi connectivity index (χ4v) is 2.04. The lowest BCUT2D eigenvalue weighted by Crippen LogP contribution is -2.31. The molecule has 0 saturated carbocycles. The lowest BCUT2D eigenvalue weighted by molar-refractivity contribution is -0.118. The lowest BCUT2D eigenvalue weighted by Gasteiger charge is -2.15. The third-order valence-corrected chi connectivity index (χ3v) is 2.83. The van der Waals surface area contributed by atoms with Crippen molar-refractivity contribution in [2.45, 2.75) is 26.3 Å². The summed E-state index contributed by atoms with van der Waals surface area (Å²) in [6.07, 6.45) is 0.905. The van der Waals surface area contributed by atoms with Gasteiger partial charge in [0.25, 0.3) is 0 Å². The summed E-state index contributed by atoms with van der Waals surface area (Å²) in [7, 11) is 0. The van der Waals surface area contributed by atoms with Crippen molar-refractivity contribution in [2.75, 3.05) is 11.6 Å². The summed E-state index contributed by atoms with van der Waals surface area (Å²) in [5, 5.41) is 3.26. The fourth-order valence-electron chi connectivity index (χ4n) is 2.04. The van der Waals surface area contributed by atoms with Crippen molar-refractivity contribution in [1.29, 1.82) is 0 Å². The first-order chi connectivity index (χ1) is 7.68.